The number of thiophene rings is 1. The van der Waals surface area contributed by atoms with Crippen LogP contribution in [0.2, 0.25) is 0 Å². The number of hydrogen-bond donors (Lipinski definition) is 1. The maximum Gasteiger partial charge on any atom is 0.250 e. The van der Waals surface area contributed by atoms with Crippen molar-refractivity contribution >= 4 is 33.0 Å². The molecule has 0 saturated carbocycles. The number of hydrogen-bond acceptors (Lipinski definition) is 5. The Hall–Kier alpha value is -2.21. The van der Waals surface area contributed by atoms with Gasteiger partial charge >= 0.3 is 0 Å². The number of nitriles is 1. The van der Waals surface area contributed by atoms with Crippen LogP contribution in [-0.4, -0.2) is 27.4 Å². The van der Waals surface area contributed by atoms with Crippen LogP contribution in [0, 0.1) is 11.3 Å². The van der Waals surface area contributed by atoms with Crippen LogP contribution >= 0.6 is 11.3 Å². The molecular formula is C15H15N3O3S2. The van der Waals surface area contributed by atoms with Gasteiger partial charge in [0.1, 0.15) is 10.3 Å². The Bertz CT molecular complexity index is 824. The van der Waals surface area contributed by atoms with Crippen molar-refractivity contribution in [2.24, 2.45) is 0 Å². The van der Waals surface area contributed by atoms with Crippen LogP contribution in [0.5, 0.6) is 0 Å². The van der Waals surface area contributed by atoms with Crippen molar-refractivity contribution in [3.63, 3.8) is 0 Å². The van der Waals surface area contributed by atoms with E-state index in [0.29, 0.717) is 11.3 Å². The maximum atomic E-state index is 12.0. The monoisotopic (exact) mass is 349 g/mol. The molecule has 1 heterocycles. The van der Waals surface area contributed by atoms with Gasteiger partial charge in [0, 0.05) is 20.0 Å². The smallest absolute Gasteiger partial charge is 0.250 e. The first-order chi connectivity index (χ1) is 11.0. The number of rotatable bonds is 6. The molecule has 0 fully saturated rings. The number of nitrogens with one attached hydrogen (secondary N) is 1. The first-order valence-electron chi connectivity index (χ1n) is 6.76. The van der Waals surface area contributed by atoms with Crippen LogP contribution < -0.4 is 9.62 Å². The molecule has 2 aromatic rings. The molecular weight excluding hydrogens is 334 g/mol. The summed E-state index contributed by atoms with van der Waals surface area (Å²) in [5.41, 5.74) is 0.835. The van der Waals surface area contributed by atoms with Gasteiger partial charge in [-0.1, -0.05) is 18.2 Å². The molecule has 120 valence electrons. The Kier molecular flexibility index (Phi) is 5.50. The lowest BCUT2D eigenvalue weighted by molar-refractivity contribution is -0.116. The van der Waals surface area contributed by atoms with Crippen LogP contribution in [0.3, 0.4) is 0 Å². The topological polar surface area (TPSA) is 90.3 Å². The molecule has 0 saturated heterocycles. The highest BCUT2D eigenvalue weighted by Gasteiger charge is 2.18. The lowest BCUT2D eigenvalue weighted by Crippen LogP contribution is -2.37. The van der Waals surface area contributed by atoms with Gasteiger partial charge in [0.25, 0.3) is 0 Å². The Morgan fingerprint density at radius 2 is 2.04 bits per heavy atom. The van der Waals surface area contributed by atoms with Gasteiger partial charge in [0.2, 0.25) is 15.9 Å². The molecule has 23 heavy (non-hydrogen) atoms. The van der Waals surface area contributed by atoms with Gasteiger partial charge in [-0.3, -0.25) is 4.79 Å². The minimum Gasteiger partial charge on any atom is -0.310 e. The minimum atomic E-state index is -3.57. The number of para-hydroxylation sites is 1. The van der Waals surface area contributed by atoms with Crippen molar-refractivity contribution in [3.05, 3.63) is 47.3 Å². The van der Waals surface area contributed by atoms with E-state index in [4.69, 9.17) is 5.26 Å². The zero-order chi connectivity index (χ0) is 16.9. The molecule has 0 radical (unpaired) electrons. The number of carbonyl (C=O) groups excluding carboxylic acids is 1. The molecule has 0 aliphatic heterocycles. The van der Waals surface area contributed by atoms with E-state index < -0.39 is 10.0 Å². The second kappa shape index (κ2) is 7.37. The molecule has 0 aliphatic carbocycles. The lowest BCUT2D eigenvalue weighted by Gasteiger charge is -2.22. The van der Waals surface area contributed by atoms with Gasteiger partial charge in [-0.2, -0.15) is 5.26 Å². The highest BCUT2D eigenvalue weighted by atomic mass is 32.2. The van der Waals surface area contributed by atoms with Crippen LogP contribution in [0.25, 0.3) is 0 Å². The van der Waals surface area contributed by atoms with Gasteiger partial charge in [-0.15, -0.1) is 11.3 Å². The van der Waals surface area contributed by atoms with Crippen molar-refractivity contribution in [2.75, 3.05) is 18.0 Å². The Labute approximate surface area is 139 Å². The van der Waals surface area contributed by atoms with Crippen LogP contribution in [0.4, 0.5) is 5.69 Å². The molecule has 1 aromatic heterocycles. The fraction of sp³-hybridized carbons (Fsp3) is 0.200. The second-order valence-corrected chi connectivity index (χ2v) is 7.57. The maximum absolute atomic E-state index is 12.0. The van der Waals surface area contributed by atoms with E-state index in [2.05, 4.69) is 4.72 Å². The highest BCUT2D eigenvalue weighted by molar-refractivity contribution is 7.91. The Balaban J connectivity index is 2.10. The van der Waals surface area contributed by atoms with Crippen molar-refractivity contribution in [2.45, 2.75) is 11.1 Å². The first-order valence-corrected chi connectivity index (χ1v) is 9.12. The molecule has 0 spiro atoms. The average molecular weight is 349 g/mol. The summed E-state index contributed by atoms with van der Waals surface area (Å²) in [5, 5.41) is 10.8. The van der Waals surface area contributed by atoms with Gasteiger partial charge in [-0.25, -0.2) is 13.1 Å². The third-order valence-corrected chi connectivity index (χ3v) is 5.94. The predicted octanol–water partition coefficient (Wildman–Crippen LogP) is 1.95. The third kappa shape index (κ3) is 4.16. The van der Waals surface area contributed by atoms with E-state index in [1.165, 1.54) is 17.9 Å². The van der Waals surface area contributed by atoms with E-state index in [9.17, 15) is 13.2 Å². The number of amides is 1. The highest BCUT2D eigenvalue weighted by Crippen LogP contribution is 2.20. The molecule has 0 unspecified atom stereocenters. The summed E-state index contributed by atoms with van der Waals surface area (Å²) in [7, 11) is -3.57. The van der Waals surface area contributed by atoms with E-state index in [0.717, 1.165) is 11.3 Å². The number of nitrogens with zero attached hydrogens (tertiary/aromatic N) is 2. The molecule has 2 rings (SSSR count). The minimum absolute atomic E-state index is 0.0551. The predicted molar refractivity (Wildman–Crippen MR) is 88.7 cm³/mol. The fourth-order valence-corrected chi connectivity index (χ4v) is 4.09. The van der Waals surface area contributed by atoms with E-state index in [1.807, 2.05) is 6.07 Å². The van der Waals surface area contributed by atoms with Gasteiger partial charge < -0.3 is 4.90 Å². The summed E-state index contributed by atoms with van der Waals surface area (Å²) < 4.78 is 26.8. The fourth-order valence-electron chi connectivity index (χ4n) is 2.03. The summed E-state index contributed by atoms with van der Waals surface area (Å²) in [6.07, 6.45) is 0. The Morgan fingerprint density at radius 3 is 2.65 bits per heavy atom. The van der Waals surface area contributed by atoms with Crippen LogP contribution in [-0.2, 0) is 14.8 Å². The first kappa shape index (κ1) is 17.1. The molecule has 6 nitrogen and oxygen atoms in total. The molecule has 0 atom stereocenters. The van der Waals surface area contributed by atoms with E-state index in [-0.39, 0.29) is 23.2 Å². The quantitative estimate of drug-likeness (QED) is 0.863. The standard InChI is InChI=1S/C15H15N3O3S2/c1-12(19)18(14-6-3-2-5-13(14)11-16)9-8-17-23(20,21)15-7-4-10-22-15/h2-7,10,17H,8-9H2,1H3. The average Bonchev–Trinajstić information content (AvgIpc) is 3.06. The summed E-state index contributed by atoms with van der Waals surface area (Å²) in [5.74, 6) is -0.261. The second-order valence-electron chi connectivity index (χ2n) is 4.63. The number of anilines is 1. The van der Waals surface area contributed by atoms with E-state index in [1.54, 1.807) is 35.7 Å². The van der Waals surface area contributed by atoms with E-state index >= 15 is 0 Å². The summed E-state index contributed by atoms with van der Waals surface area (Å²) >= 11 is 1.12. The zero-order valence-corrected chi connectivity index (χ0v) is 14.0. The van der Waals surface area contributed by atoms with Crippen molar-refractivity contribution in [1.82, 2.24) is 4.72 Å². The lowest BCUT2D eigenvalue weighted by atomic mass is 10.1. The molecule has 0 bridgehead atoms. The summed E-state index contributed by atoms with van der Waals surface area (Å²) in [6, 6.07) is 11.9. The van der Waals surface area contributed by atoms with Crippen molar-refractivity contribution < 1.29 is 13.2 Å². The molecule has 1 amide bonds. The summed E-state index contributed by atoms with van der Waals surface area (Å²) in [4.78, 5) is 13.2. The third-order valence-electron chi connectivity index (χ3n) is 3.08. The van der Waals surface area contributed by atoms with Gasteiger partial charge in [0.05, 0.1) is 11.3 Å². The molecule has 8 heteroatoms. The SMILES string of the molecule is CC(=O)N(CCNS(=O)(=O)c1cccs1)c1ccccc1C#N. The molecule has 1 N–H and O–H groups in total. The Morgan fingerprint density at radius 1 is 1.30 bits per heavy atom. The normalized spacial score (nSPS) is 11.0. The number of sulfonamides is 1. The van der Waals surface area contributed by atoms with Crippen LogP contribution in [0.15, 0.2) is 46.0 Å². The number of benzene rings is 1. The van der Waals surface area contributed by atoms with Gasteiger partial charge in [-0.05, 0) is 23.6 Å². The summed E-state index contributed by atoms with van der Waals surface area (Å²) in [6.45, 7) is 1.57. The van der Waals surface area contributed by atoms with Crippen molar-refractivity contribution in [3.8, 4) is 6.07 Å². The van der Waals surface area contributed by atoms with Crippen LogP contribution in [0.1, 0.15) is 12.5 Å². The molecule has 1 aromatic carbocycles. The largest absolute Gasteiger partial charge is 0.310 e. The molecule has 0 aliphatic rings. The number of carbonyl (C=O) groups is 1. The van der Waals surface area contributed by atoms with Crippen molar-refractivity contribution in [1.29, 1.82) is 5.26 Å². The zero-order valence-electron chi connectivity index (χ0n) is 12.4. The van der Waals surface area contributed by atoms with Gasteiger partial charge in [0.15, 0.2) is 0 Å².